The molecule has 0 spiro atoms. The van der Waals surface area contributed by atoms with Crippen LogP contribution in [0.4, 0.5) is 0 Å². The van der Waals surface area contributed by atoms with Crippen LogP contribution in [0.25, 0.3) is 10.9 Å². The van der Waals surface area contributed by atoms with Gasteiger partial charge >= 0.3 is 0 Å². The van der Waals surface area contributed by atoms with Gasteiger partial charge in [0.1, 0.15) is 6.61 Å². The predicted molar refractivity (Wildman–Crippen MR) is 67.2 cm³/mol. The van der Waals surface area contributed by atoms with E-state index in [1.807, 2.05) is 31.2 Å². The van der Waals surface area contributed by atoms with Gasteiger partial charge in [0.05, 0.1) is 5.52 Å². The highest BCUT2D eigenvalue weighted by Gasteiger charge is 2.10. The Hall–Kier alpha value is -1.74. The number of rotatable bonds is 5. The fourth-order valence-corrected chi connectivity index (χ4v) is 1.72. The van der Waals surface area contributed by atoms with Gasteiger partial charge in [0, 0.05) is 23.8 Å². The summed E-state index contributed by atoms with van der Waals surface area (Å²) in [6, 6.07) is 9.44. The summed E-state index contributed by atoms with van der Waals surface area (Å²) in [6.45, 7) is 2.76. The maximum absolute atomic E-state index is 12.0. The molecule has 0 radical (unpaired) electrons. The molecule has 3 nitrogen and oxygen atoms in total. The van der Waals surface area contributed by atoms with Crippen molar-refractivity contribution in [3.63, 3.8) is 0 Å². The zero-order valence-electron chi connectivity index (χ0n) is 9.85. The van der Waals surface area contributed by atoms with Crippen molar-refractivity contribution in [1.82, 2.24) is 4.98 Å². The van der Waals surface area contributed by atoms with Gasteiger partial charge in [-0.25, -0.2) is 0 Å². The van der Waals surface area contributed by atoms with Gasteiger partial charge in [0.2, 0.25) is 0 Å². The molecule has 0 aliphatic carbocycles. The molecule has 88 valence electrons. The lowest BCUT2D eigenvalue weighted by Gasteiger charge is -2.05. The molecule has 0 atom stereocenters. The van der Waals surface area contributed by atoms with Crippen LogP contribution in [-0.4, -0.2) is 24.0 Å². The number of carbonyl (C=O) groups is 1. The SMILES string of the molecule is CCCOCC(=O)c1cccc2cccnc12. The van der Waals surface area contributed by atoms with Crippen LogP contribution in [0.3, 0.4) is 0 Å². The Morgan fingerprint density at radius 1 is 1.29 bits per heavy atom. The van der Waals surface area contributed by atoms with Crippen LogP contribution in [0, 0.1) is 0 Å². The molecule has 3 heteroatoms. The Bertz CT molecular complexity index is 517. The van der Waals surface area contributed by atoms with Gasteiger partial charge in [-0.1, -0.05) is 25.1 Å². The zero-order valence-corrected chi connectivity index (χ0v) is 9.85. The number of ketones is 1. The molecule has 0 bridgehead atoms. The van der Waals surface area contributed by atoms with E-state index in [0.717, 1.165) is 17.3 Å². The lowest BCUT2D eigenvalue weighted by Crippen LogP contribution is -2.10. The van der Waals surface area contributed by atoms with E-state index in [1.54, 1.807) is 12.3 Å². The molecule has 1 aromatic heterocycles. The standard InChI is InChI=1S/C14H15NO2/c1-2-9-17-10-13(16)12-7-3-5-11-6-4-8-15-14(11)12/h3-8H,2,9-10H2,1H3. The number of fused-ring (bicyclic) bond motifs is 1. The number of hydrogen-bond donors (Lipinski definition) is 0. The maximum Gasteiger partial charge on any atom is 0.190 e. The number of pyridine rings is 1. The van der Waals surface area contributed by atoms with Crippen LogP contribution in [0.5, 0.6) is 0 Å². The molecule has 1 heterocycles. The number of hydrogen-bond acceptors (Lipinski definition) is 3. The number of carbonyl (C=O) groups excluding carboxylic acids is 1. The Morgan fingerprint density at radius 2 is 2.12 bits per heavy atom. The fourth-order valence-electron chi connectivity index (χ4n) is 1.72. The Kier molecular flexibility index (Phi) is 3.83. The third kappa shape index (κ3) is 2.68. The smallest absolute Gasteiger partial charge is 0.190 e. The van der Waals surface area contributed by atoms with Crippen molar-refractivity contribution in [1.29, 1.82) is 0 Å². The summed E-state index contributed by atoms with van der Waals surface area (Å²) < 4.78 is 5.27. The first-order valence-corrected chi connectivity index (χ1v) is 5.77. The summed E-state index contributed by atoms with van der Waals surface area (Å²) in [5.41, 5.74) is 1.39. The minimum Gasteiger partial charge on any atom is -0.373 e. The lowest BCUT2D eigenvalue weighted by atomic mass is 10.1. The van der Waals surface area contributed by atoms with Crippen molar-refractivity contribution in [2.24, 2.45) is 0 Å². The molecule has 2 aromatic rings. The molecule has 0 amide bonds. The molecule has 0 aliphatic heterocycles. The van der Waals surface area contributed by atoms with Gasteiger partial charge < -0.3 is 4.74 Å². The van der Waals surface area contributed by atoms with Crippen LogP contribution in [0.1, 0.15) is 23.7 Å². The van der Waals surface area contributed by atoms with Crippen LogP contribution in [0.2, 0.25) is 0 Å². The number of aromatic nitrogens is 1. The predicted octanol–water partition coefficient (Wildman–Crippen LogP) is 2.84. The van der Waals surface area contributed by atoms with E-state index in [1.165, 1.54) is 0 Å². The fraction of sp³-hybridized carbons (Fsp3) is 0.286. The van der Waals surface area contributed by atoms with Crippen molar-refractivity contribution >= 4 is 16.7 Å². The molecule has 0 aliphatic rings. The molecule has 2 rings (SSSR count). The Labute approximate surface area is 100 Å². The largest absolute Gasteiger partial charge is 0.373 e. The molecule has 0 fully saturated rings. The van der Waals surface area contributed by atoms with Crippen LogP contribution < -0.4 is 0 Å². The number of para-hydroxylation sites is 1. The summed E-state index contributed by atoms with van der Waals surface area (Å²) >= 11 is 0. The minimum absolute atomic E-state index is 0.0113. The minimum atomic E-state index is -0.0113. The van der Waals surface area contributed by atoms with E-state index >= 15 is 0 Å². The van der Waals surface area contributed by atoms with E-state index in [-0.39, 0.29) is 12.4 Å². The monoisotopic (exact) mass is 229 g/mol. The quantitative estimate of drug-likeness (QED) is 0.584. The second-order valence-corrected chi connectivity index (χ2v) is 3.86. The van der Waals surface area contributed by atoms with Gasteiger partial charge in [0.15, 0.2) is 5.78 Å². The third-order valence-electron chi connectivity index (χ3n) is 2.51. The summed E-state index contributed by atoms with van der Waals surface area (Å²) in [5.74, 6) is -0.0113. The van der Waals surface area contributed by atoms with E-state index in [2.05, 4.69) is 4.98 Å². The van der Waals surface area contributed by atoms with Gasteiger partial charge in [-0.05, 0) is 18.6 Å². The Morgan fingerprint density at radius 3 is 2.94 bits per heavy atom. The van der Waals surface area contributed by atoms with Crippen molar-refractivity contribution in [2.75, 3.05) is 13.2 Å². The zero-order chi connectivity index (χ0) is 12.1. The first-order chi connectivity index (χ1) is 8.33. The van der Waals surface area contributed by atoms with Crippen LogP contribution in [-0.2, 0) is 4.74 Å². The highest BCUT2D eigenvalue weighted by molar-refractivity contribution is 6.07. The molecule has 0 N–H and O–H groups in total. The average molecular weight is 229 g/mol. The number of ether oxygens (including phenoxy) is 1. The second-order valence-electron chi connectivity index (χ2n) is 3.86. The van der Waals surface area contributed by atoms with Gasteiger partial charge in [0.25, 0.3) is 0 Å². The van der Waals surface area contributed by atoms with Crippen molar-refractivity contribution in [3.8, 4) is 0 Å². The number of Topliss-reactive ketones (excluding diaryl/α,β-unsaturated/α-hetero) is 1. The van der Waals surface area contributed by atoms with E-state index in [4.69, 9.17) is 4.74 Å². The van der Waals surface area contributed by atoms with E-state index in [9.17, 15) is 4.79 Å². The molecule has 0 saturated heterocycles. The number of nitrogens with zero attached hydrogens (tertiary/aromatic N) is 1. The van der Waals surface area contributed by atoms with E-state index < -0.39 is 0 Å². The van der Waals surface area contributed by atoms with Gasteiger partial charge in [-0.3, -0.25) is 9.78 Å². The maximum atomic E-state index is 12.0. The summed E-state index contributed by atoms with van der Waals surface area (Å²) in [7, 11) is 0. The molecule has 1 aromatic carbocycles. The second kappa shape index (κ2) is 5.55. The first kappa shape index (κ1) is 11.7. The number of benzene rings is 1. The lowest BCUT2D eigenvalue weighted by molar-refractivity contribution is 0.0763. The summed E-state index contributed by atoms with van der Waals surface area (Å²) in [5, 5.41) is 0.980. The van der Waals surface area contributed by atoms with E-state index in [0.29, 0.717) is 12.2 Å². The molecule has 0 saturated carbocycles. The van der Waals surface area contributed by atoms with Crippen molar-refractivity contribution < 1.29 is 9.53 Å². The summed E-state index contributed by atoms with van der Waals surface area (Å²) in [6.07, 6.45) is 2.62. The molecule has 17 heavy (non-hydrogen) atoms. The van der Waals surface area contributed by atoms with Crippen molar-refractivity contribution in [2.45, 2.75) is 13.3 Å². The van der Waals surface area contributed by atoms with Crippen LogP contribution >= 0.6 is 0 Å². The van der Waals surface area contributed by atoms with Gasteiger partial charge in [-0.2, -0.15) is 0 Å². The molecule has 0 unspecified atom stereocenters. The normalized spacial score (nSPS) is 10.6. The first-order valence-electron chi connectivity index (χ1n) is 5.77. The Balaban J connectivity index is 2.26. The third-order valence-corrected chi connectivity index (χ3v) is 2.51. The highest BCUT2D eigenvalue weighted by atomic mass is 16.5. The average Bonchev–Trinajstić information content (AvgIpc) is 2.38. The topological polar surface area (TPSA) is 39.2 Å². The molecular weight excluding hydrogens is 214 g/mol. The summed E-state index contributed by atoms with van der Waals surface area (Å²) in [4.78, 5) is 16.2. The molecular formula is C14H15NO2. The van der Waals surface area contributed by atoms with Gasteiger partial charge in [-0.15, -0.1) is 0 Å². The highest BCUT2D eigenvalue weighted by Crippen LogP contribution is 2.16. The van der Waals surface area contributed by atoms with Crippen molar-refractivity contribution in [3.05, 3.63) is 42.1 Å². The van der Waals surface area contributed by atoms with Crippen LogP contribution in [0.15, 0.2) is 36.5 Å².